The largest absolute Gasteiger partial charge is 0.748 e. The number of aliphatic hydroxyl groups excluding tert-OH is 1. The summed E-state index contributed by atoms with van der Waals surface area (Å²) < 4.78 is 401. The fourth-order valence-corrected chi connectivity index (χ4v) is 6.09. The fraction of sp³-hybridized carbons (Fsp3) is 1.00. The van der Waals surface area contributed by atoms with Gasteiger partial charge in [0.2, 0.25) is 0 Å². The molecular weight excluding hydrogens is 927 g/mol. The number of sulfonamides is 1. The first-order chi connectivity index (χ1) is 24.4. The number of alkyl halides is 25. The quantitative estimate of drug-likeness (QED) is 0.0752. The SMILES string of the molecule is C[N+](C)(CCO)CCCN(CCCS(=O)(=O)[O-])S(=O)(=O)C(F)(F)C(F)(F)C(F)(F)C(F)(F)C(F)(F)C(F)(F)C(F)(F)C(F)(F)C(F)(F)C(F)(F)C(F)(F)C(F)(F)F. The van der Waals surface area contributed by atoms with E-state index in [2.05, 4.69) is 0 Å². The molecule has 1 N–H and O–H groups in total. The van der Waals surface area contributed by atoms with Crippen LogP contribution in [0.2, 0.25) is 0 Å². The predicted octanol–water partition coefficient (Wildman–Crippen LogP) is 6.52. The monoisotopic (exact) mass is 950 g/mol. The molecule has 0 aromatic carbocycles. The molecule has 0 bridgehead atoms. The summed E-state index contributed by atoms with van der Waals surface area (Å²) in [6, 6.07) is 0. The molecule has 0 unspecified atom stereocenters. The van der Waals surface area contributed by atoms with Crippen molar-refractivity contribution in [2.24, 2.45) is 0 Å². The minimum atomic E-state index is -9.84. The maximum Gasteiger partial charge on any atom is 0.460 e. The minimum Gasteiger partial charge on any atom is -0.748 e. The van der Waals surface area contributed by atoms with Gasteiger partial charge in [0.05, 0.1) is 37.4 Å². The molecule has 0 aromatic heterocycles. The van der Waals surface area contributed by atoms with Gasteiger partial charge in [-0.05, 0) is 6.42 Å². The van der Waals surface area contributed by atoms with E-state index in [1.807, 2.05) is 0 Å². The number of nitrogens with zero attached hydrogens (tertiary/aromatic N) is 2. The molecule has 0 heterocycles. The van der Waals surface area contributed by atoms with E-state index in [1.54, 1.807) is 0 Å². The van der Waals surface area contributed by atoms with Crippen molar-refractivity contribution in [2.45, 2.75) is 83.5 Å². The first-order valence-electron chi connectivity index (χ1n) is 14.0. The summed E-state index contributed by atoms with van der Waals surface area (Å²) >= 11 is 0. The Labute approximate surface area is 301 Å². The summed E-state index contributed by atoms with van der Waals surface area (Å²) in [7, 11) is -11.2. The summed E-state index contributed by atoms with van der Waals surface area (Å²) in [5, 5.41) is 0.770. The van der Waals surface area contributed by atoms with Crippen LogP contribution in [0.1, 0.15) is 12.8 Å². The van der Waals surface area contributed by atoms with Gasteiger partial charge < -0.3 is 14.1 Å². The van der Waals surface area contributed by atoms with E-state index in [0.717, 1.165) is 14.1 Å². The Kier molecular flexibility index (Phi) is 14.9. The van der Waals surface area contributed by atoms with Gasteiger partial charge in [-0.2, -0.15) is 114 Å². The van der Waals surface area contributed by atoms with Crippen molar-refractivity contribution in [2.75, 3.05) is 52.6 Å². The summed E-state index contributed by atoms with van der Waals surface area (Å²) in [6.07, 6.45) is -10.8. The molecular formula is C22H23F25N2O6S2. The average Bonchev–Trinajstić information content (AvgIpc) is 2.97. The Bertz CT molecular complexity index is 1630. The third-order valence-corrected chi connectivity index (χ3v) is 10.4. The van der Waals surface area contributed by atoms with Crippen molar-refractivity contribution in [3.05, 3.63) is 0 Å². The van der Waals surface area contributed by atoms with Gasteiger partial charge in [0.1, 0.15) is 6.54 Å². The molecule has 0 amide bonds. The van der Waals surface area contributed by atoms with Crippen molar-refractivity contribution < 1.29 is 141 Å². The number of likely N-dealkylation sites (N-methyl/N-ethyl adjacent to an activating group) is 1. The Morgan fingerprint density at radius 3 is 1.04 bits per heavy atom. The second kappa shape index (κ2) is 15.5. The first kappa shape index (κ1) is 55.0. The summed E-state index contributed by atoms with van der Waals surface area (Å²) in [6.45, 7) is -5.35. The van der Waals surface area contributed by atoms with Crippen molar-refractivity contribution >= 4 is 20.1 Å². The maximum absolute atomic E-state index is 14.8. The molecule has 0 aliphatic rings. The van der Waals surface area contributed by atoms with Crippen molar-refractivity contribution in [3.63, 3.8) is 0 Å². The number of aliphatic hydroxyl groups is 1. The molecule has 0 aliphatic carbocycles. The molecule has 0 atom stereocenters. The molecule has 344 valence electrons. The van der Waals surface area contributed by atoms with Crippen molar-refractivity contribution in [3.8, 4) is 0 Å². The van der Waals surface area contributed by atoms with Crippen LogP contribution in [0.3, 0.4) is 0 Å². The standard InChI is InChI=1S/C22H23F25N2O6S2/c1-49(2,8-9-50)7-3-5-48(6-4-10-56(51,52)53)57(54,55)22(46,47)20(41,42)18(37,38)16(33,34)14(29,30)12(25,26)11(23,24)13(27,28)15(31,32)17(35,36)19(39,40)21(43,44)45/h50H,3-10H2,1-2H3. The van der Waals surface area contributed by atoms with Crippen LogP contribution in [0.5, 0.6) is 0 Å². The van der Waals surface area contributed by atoms with Gasteiger partial charge in [0.25, 0.3) is 10.0 Å². The molecule has 0 aliphatic heterocycles. The second-order valence-corrected chi connectivity index (χ2v) is 15.7. The van der Waals surface area contributed by atoms with Gasteiger partial charge in [0.15, 0.2) is 0 Å². The van der Waals surface area contributed by atoms with E-state index in [1.165, 1.54) is 0 Å². The number of quaternary nitrogens is 1. The molecule has 0 rings (SSSR count). The van der Waals surface area contributed by atoms with Gasteiger partial charge >= 0.3 is 70.7 Å². The van der Waals surface area contributed by atoms with Crippen LogP contribution in [0, 0.1) is 0 Å². The summed E-state index contributed by atoms with van der Waals surface area (Å²) in [5.41, 5.74) is 0. The molecule has 8 nitrogen and oxygen atoms in total. The Morgan fingerprint density at radius 2 is 0.754 bits per heavy atom. The van der Waals surface area contributed by atoms with E-state index >= 15 is 0 Å². The molecule has 0 saturated carbocycles. The van der Waals surface area contributed by atoms with Crippen LogP contribution < -0.4 is 0 Å². The van der Waals surface area contributed by atoms with Gasteiger partial charge in [0, 0.05) is 25.3 Å². The Balaban J connectivity index is 7.51. The van der Waals surface area contributed by atoms with E-state index in [0.29, 0.717) is 0 Å². The predicted molar refractivity (Wildman–Crippen MR) is 134 cm³/mol. The van der Waals surface area contributed by atoms with Crippen LogP contribution >= 0.6 is 0 Å². The zero-order valence-corrected chi connectivity index (χ0v) is 28.9. The van der Waals surface area contributed by atoms with Gasteiger partial charge in [-0.25, -0.2) is 16.8 Å². The topological polar surface area (TPSA) is 115 Å². The zero-order valence-electron chi connectivity index (χ0n) is 27.3. The van der Waals surface area contributed by atoms with Crippen LogP contribution in [0.4, 0.5) is 110 Å². The Hall–Kier alpha value is -2.01. The molecule has 0 spiro atoms. The number of halogens is 25. The maximum atomic E-state index is 14.8. The van der Waals surface area contributed by atoms with Gasteiger partial charge in [-0.1, -0.05) is 0 Å². The third-order valence-electron chi connectivity index (χ3n) is 7.61. The molecule has 0 saturated heterocycles. The molecule has 0 radical (unpaired) electrons. The third kappa shape index (κ3) is 8.64. The average molecular weight is 951 g/mol. The summed E-state index contributed by atoms with van der Waals surface area (Å²) in [4.78, 5) is 0. The lowest BCUT2D eigenvalue weighted by Gasteiger charge is -2.45. The van der Waals surface area contributed by atoms with Crippen LogP contribution in [-0.2, 0) is 20.1 Å². The normalized spacial score (nSPS) is 16.5. The minimum absolute atomic E-state index is 0.305. The fourth-order valence-electron chi connectivity index (χ4n) is 4.09. The van der Waals surface area contributed by atoms with E-state index in [-0.39, 0.29) is 6.54 Å². The Morgan fingerprint density at radius 1 is 0.474 bits per heavy atom. The summed E-state index contributed by atoms with van der Waals surface area (Å²) in [5.74, 6) is -96.6. The van der Waals surface area contributed by atoms with Crippen LogP contribution in [-0.4, -0.2) is 159 Å². The van der Waals surface area contributed by atoms with E-state index < -0.39 is 144 Å². The highest BCUT2D eigenvalue weighted by Gasteiger charge is 3.00. The molecule has 57 heavy (non-hydrogen) atoms. The lowest BCUT2D eigenvalue weighted by Crippen LogP contribution is -2.78. The van der Waals surface area contributed by atoms with Crippen LogP contribution in [0.25, 0.3) is 0 Å². The highest BCUT2D eigenvalue weighted by atomic mass is 32.2. The lowest BCUT2D eigenvalue weighted by molar-refractivity contribution is -0.890. The number of hydrogen-bond donors (Lipinski definition) is 1. The number of rotatable bonds is 22. The van der Waals surface area contributed by atoms with Gasteiger partial charge in [-0.3, -0.25) is 0 Å². The first-order valence-corrected chi connectivity index (χ1v) is 17.0. The zero-order chi connectivity index (χ0) is 46.7. The van der Waals surface area contributed by atoms with Gasteiger partial charge in [-0.15, -0.1) is 0 Å². The second-order valence-electron chi connectivity index (χ2n) is 12.2. The van der Waals surface area contributed by atoms with Crippen molar-refractivity contribution in [1.82, 2.24) is 4.31 Å². The molecule has 35 heteroatoms. The molecule has 0 aromatic rings. The smallest absolute Gasteiger partial charge is 0.460 e. The van der Waals surface area contributed by atoms with Crippen molar-refractivity contribution in [1.29, 1.82) is 0 Å². The lowest BCUT2D eigenvalue weighted by atomic mass is 9.85. The van der Waals surface area contributed by atoms with E-state index in [4.69, 9.17) is 5.11 Å². The van der Waals surface area contributed by atoms with E-state index in [9.17, 15) is 131 Å². The number of hydrogen-bond acceptors (Lipinski definition) is 6. The highest BCUT2D eigenvalue weighted by Crippen LogP contribution is 2.68. The highest BCUT2D eigenvalue weighted by molar-refractivity contribution is 7.90. The molecule has 0 fully saturated rings. The van der Waals surface area contributed by atoms with Crippen LogP contribution in [0.15, 0.2) is 0 Å².